The van der Waals surface area contributed by atoms with Crippen molar-refractivity contribution >= 4 is 5.91 Å². The van der Waals surface area contributed by atoms with Gasteiger partial charge in [-0.15, -0.1) is 0 Å². The molecule has 0 aromatic carbocycles. The van der Waals surface area contributed by atoms with Crippen molar-refractivity contribution in [3.63, 3.8) is 0 Å². The smallest absolute Gasteiger partial charge is 0.220 e. The Labute approximate surface area is 385 Å². The van der Waals surface area contributed by atoms with Gasteiger partial charge < -0.3 is 65.1 Å². The second-order valence-corrected chi connectivity index (χ2v) is 17.9. The SMILES string of the molecule is CCC/C=C\C/C=C\CCCCCCCC(=O)NC(COC1OC(CO)C(OC2OC(CO)C(O)C(O)C2O)C(O)C1O)C(O)/C=C/CCCCCCCCCCCCCCCCC. The van der Waals surface area contributed by atoms with Crippen LogP contribution in [0.4, 0.5) is 0 Å². The molecule has 0 bridgehead atoms. The van der Waals surface area contributed by atoms with E-state index in [9.17, 15) is 45.6 Å². The van der Waals surface area contributed by atoms with E-state index in [2.05, 4.69) is 43.5 Å². The van der Waals surface area contributed by atoms with Gasteiger partial charge in [-0.25, -0.2) is 0 Å². The molecule has 374 valence electrons. The fraction of sp³-hybridized carbons (Fsp3) is 0.860. The zero-order valence-corrected chi connectivity index (χ0v) is 39.5. The number of ether oxygens (including phenoxy) is 4. The van der Waals surface area contributed by atoms with E-state index in [0.717, 1.165) is 70.6 Å². The van der Waals surface area contributed by atoms with Crippen LogP contribution in [-0.4, -0.2) is 140 Å². The highest BCUT2D eigenvalue weighted by Gasteiger charge is 2.51. The van der Waals surface area contributed by atoms with E-state index in [1.165, 1.54) is 83.5 Å². The Balaban J connectivity index is 1.86. The van der Waals surface area contributed by atoms with Crippen molar-refractivity contribution < 1.29 is 64.6 Å². The molecule has 64 heavy (non-hydrogen) atoms. The van der Waals surface area contributed by atoms with E-state index in [-0.39, 0.29) is 18.9 Å². The largest absolute Gasteiger partial charge is 0.394 e. The average Bonchev–Trinajstić information content (AvgIpc) is 3.29. The maximum absolute atomic E-state index is 13.1. The maximum Gasteiger partial charge on any atom is 0.220 e. The van der Waals surface area contributed by atoms with Crippen LogP contribution >= 0.6 is 0 Å². The predicted octanol–water partition coefficient (Wildman–Crippen LogP) is 6.32. The molecule has 2 saturated heterocycles. The van der Waals surface area contributed by atoms with Crippen LogP contribution in [0.25, 0.3) is 0 Å². The quantitative estimate of drug-likeness (QED) is 0.0244. The summed E-state index contributed by atoms with van der Waals surface area (Å²) in [7, 11) is 0. The lowest BCUT2D eigenvalue weighted by molar-refractivity contribution is -0.359. The number of aliphatic hydroxyl groups is 8. The standard InChI is InChI=1S/C50H91NO13/c1-3-5-7-9-11-13-15-17-18-19-20-22-23-25-27-29-31-33-39(54)38(51-42(55)34-32-30-28-26-24-21-16-14-12-10-8-6-4-2)37-61-49-47(60)45(58)48(41(36-53)63-49)64-50-46(59)44(57)43(56)40(35-52)62-50/h8,10,14,16,31,33,38-41,43-50,52-54,56-60H,3-7,9,11-13,15,17-30,32,34-37H2,1-2H3,(H,51,55)/b10-8-,16-14-,33-31+. The first-order valence-electron chi connectivity index (χ1n) is 25.2. The monoisotopic (exact) mass is 914 g/mol. The molecular weight excluding hydrogens is 823 g/mol. The van der Waals surface area contributed by atoms with Gasteiger partial charge in [0.15, 0.2) is 12.6 Å². The zero-order chi connectivity index (χ0) is 46.8. The molecule has 2 aliphatic rings. The van der Waals surface area contributed by atoms with E-state index >= 15 is 0 Å². The van der Waals surface area contributed by atoms with Crippen molar-refractivity contribution in [3.8, 4) is 0 Å². The highest BCUT2D eigenvalue weighted by molar-refractivity contribution is 5.76. The second kappa shape index (κ2) is 37.2. The molecule has 12 unspecified atom stereocenters. The van der Waals surface area contributed by atoms with Gasteiger partial charge >= 0.3 is 0 Å². The fourth-order valence-corrected chi connectivity index (χ4v) is 8.15. The van der Waals surface area contributed by atoms with Gasteiger partial charge in [0.25, 0.3) is 0 Å². The summed E-state index contributed by atoms with van der Waals surface area (Å²) >= 11 is 0. The summed E-state index contributed by atoms with van der Waals surface area (Å²) in [6.45, 7) is 2.70. The third-order valence-corrected chi connectivity index (χ3v) is 12.3. The number of rotatable bonds is 38. The highest BCUT2D eigenvalue weighted by atomic mass is 16.7. The Morgan fingerprint density at radius 3 is 1.62 bits per heavy atom. The van der Waals surface area contributed by atoms with Crippen LogP contribution in [0.3, 0.4) is 0 Å². The Kier molecular flexibility index (Phi) is 33.9. The number of carbonyl (C=O) groups excluding carboxylic acids is 1. The minimum atomic E-state index is -1.79. The number of allylic oxidation sites excluding steroid dienone is 5. The minimum Gasteiger partial charge on any atom is -0.394 e. The molecule has 14 nitrogen and oxygen atoms in total. The molecule has 2 aliphatic heterocycles. The Morgan fingerprint density at radius 2 is 1.06 bits per heavy atom. The lowest BCUT2D eigenvalue weighted by atomic mass is 9.97. The Bertz CT molecular complexity index is 1220. The third kappa shape index (κ3) is 24.3. The first-order valence-corrected chi connectivity index (χ1v) is 25.2. The van der Waals surface area contributed by atoms with Crippen molar-refractivity contribution in [1.29, 1.82) is 0 Å². The number of aliphatic hydroxyl groups excluding tert-OH is 8. The molecule has 0 aromatic heterocycles. The highest BCUT2D eigenvalue weighted by Crippen LogP contribution is 2.30. The number of unbranched alkanes of at least 4 members (excludes halogenated alkanes) is 21. The van der Waals surface area contributed by atoms with Crippen molar-refractivity contribution in [2.24, 2.45) is 0 Å². The summed E-state index contributed by atoms with van der Waals surface area (Å²) in [4.78, 5) is 13.1. The molecule has 0 saturated carbocycles. The van der Waals surface area contributed by atoms with Gasteiger partial charge in [0.1, 0.15) is 48.8 Å². The topological polar surface area (TPSA) is 228 Å². The number of hydrogen-bond donors (Lipinski definition) is 9. The molecule has 0 spiro atoms. The molecule has 9 N–H and O–H groups in total. The number of hydrogen-bond acceptors (Lipinski definition) is 13. The number of amides is 1. The molecule has 1 amide bonds. The molecule has 0 radical (unpaired) electrons. The van der Waals surface area contributed by atoms with Crippen molar-refractivity contribution in [1.82, 2.24) is 5.32 Å². The van der Waals surface area contributed by atoms with Crippen molar-refractivity contribution in [3.05, 3.63) is 36.5 Å². The minimum absolute atomic E-state index is 0.256. The van der Waals surface area contributed by atoms with E-state index in [4.69, 9.17) is 18.9 Å². The number of carbonyl (C=O) groups is 1. The van der Waals surface area contributed by atoms with E-state index < -0.39 is 86.8 Å². The maximum atomic E-state index is 13.1. The van der Waals surface area contributed by atoms with Gasteiger partial charge in [-0.3, -0.25) is 4.79 Å². The van der Waals surface area contributed by atoms with Crippen LogP contribution in [0.1, 0.15) is 181 Å². The molecule has 12 atom stereocenters. The molecule has 2 fully saturated rings. The van der Waals surface area contributed by atoms with Crippen LogP contribution < -0.4 is 5.32 Å². The Morgan fingerprint density at radius 1 is 0.562 bits per heavy atom. The fourth-order valence-electron chi connectivity index (χ4n) is 8.15. The van der Waals surface area contributed by atoms with Crippen LogP contribution in [0, 0.1) is 0 Å². The first-order chi connectivity index (χ1) is 31.1. The van der Waals surface area contributed by atoms with Gasteiger partial charge in [0.05, 0.1) is 32.0 Å². The summed E-state index contributed by atoms with van der Waals surface area (Å²) in [5, 5.41) is 86.7. The van der Waals surface area contributed by atoms with Gasteiger partial charge in [0, 0.05) is 6.42 Å². The molecule has 0 aliphatic carbocycles. The number of nitrogens with one attached hydrogen (secondary N) is 1. The lowest BCUT2D eigenvalue weighted by Gasteiger charge is -2.46. The Hall–Kier alpha value is -1.79. The molecular formula is C50H91NO13. The lowest BCUT2D eigenvalue weighted by Crippen LogP contribution is -2.65. The molecule has 0 aromatic rings. The summed E-state index contributed by atoms with van der Waals surface area (Å²) in [5.74, 6) is -0.256. The van der Waals surface area contributed by atoms with Crippen molar-refractivity contribution in [2.45, 2.75) is 254 Å². The van der Waals surface area contributed by atoms with Gasteiger partial charge in [-0.05, 0) is 44.9 Å². The summed E-state index contributed by atoms with van der Waals surface area (Å²) in [6.07, 6.45) is 24.7. The second-order valence-electron chi connectivity index (χ2n) is 17.9. The van der Waals surface area contributed by atoms with Crippen LogP contribution in [0.15, 0.2) is 36.5 Å². The summed E-state index contributed by atoms with van der Waals surface area (Å²) in [5.41, 5.74) is 0. The summed E-state index contributed by atoms with van der Waals surface area (Å²) in [6, 6.07) is -0.919. The first kappa shape index (κ1) is 58.3. The normalized spacial score (nSPS) is 27.5. The van der Waals surface area contributed by atoms with E-state index in [0.29, 0.717) is 6.42 Å². The van der Waals surface area contributed by atoms with E-state index in [1.54, 1.807) is 6.08 Å². The predicted molar refractivity (Wildman–Crippen MR) is 249 cm³/mol. The van der Waals surface area contributed by atoms with Crippen LogP contribution in [-0.2, 0) is 23.7 Å². The molecule has 14 heteroatoms. The van der Waals surface area contributed by atoms with E-state index in [1.807, 2.05) is 6.08 Å². The van der Waals surface area contributed by atoms with Crippen LogP contribution in [0.5, 0.6) is 0 Å². The zero-order valence-electron chi connectivity index (χ0n) is 39.5. The third-order valence-electron chi connectivity index (χ3n) is 12.3. The van der Waals surface area contributed by atoms with Crippen molar-refractivity contribution in [2.75, 3.05) is 19.8 Å². The van der Waals surface area contributed by atoms with Gasteiger partial charge in [-0.2, -0.15) is 0 Å². The van der Waals surface area contributed by atoms with Crippen LogP contribution in [0.2, 0.25) is 0 Å². The summed E-state index contributed by atoms with van der Waals surface area (Å²) < 4.78 is 22.7. The molecule has 2 rings (SSSR count). The van der Waals surface area contributed by atoms with Gasteiger partial charge in [0.2, 0.25) is 5.91 Å². The van der Waals surface area contributed by atoms with Gasteiger partial charge in [-0.1, -0.05) is 166 Å². The average molecular weight is 914 g/mol. The molecule has 2 heterocycles.